The van der Waals surface area contributed by atoms with Crippen LogP contribution in [0.5, 0.6) is 0 Å². The molecule has 0 radical (unpaired) electrons. The zero-order valence-corrected chi connectivity index (χ0v) is 24.0. The first-order chi connectivity index (χ1) is 17.3. The molecule has 4 aromatic rings. The van der Waals surface area contributed by atoms with Gasteiger partial charge in [0.25, 0.3) is 0 Å². The predicted molar refractivity (Wildman–Crippen MR) is 162 cm³/mol. The van der Waals surface area contributed by atoms with E-state index < -0.39 is 0 Å². The largest absolute Gasteiger partial charge is 0.369 e. The summed E-state index contributed by atoms with van der Waals surface area (Å²) in [6.45, 7) is 11.5. The van der Waals surface area contributed by atoms with Crippen molar-refractivity contribution < 1.29 is 0 Å². The summed E-state index contributed by atoms with van der Waals surface area (Å²) in [5, 5.41) is 1.33. The van der Waals surface area contributed by atoms with Gasteiger partial charge in [-0.15, -0.1) is 22.7 Å². The van der Waals surface area contributed by atoms with E-state index in [4.69, 9.17) is 0 Å². The molecule has 1 aliphatic carbocycles. The fraction of sp³-hybridized carbons (Fsp3) is 0.273. The molecular formula is C33H35NS2. The molecule has 3 heteroatoms. The molecule has 1 atom stereocenters. The van der Waals surface area contributed by atoms with Crippen LogP contribution >= 0.6 is 22.7 Å². The van der Waals surface area contributed by atoms with Crippen molar-refractivity contribution >= 4 is 50.0 Å². The average molecular weight is 510 g/mol. The smallest absolute Gasteiger partial charge is 0.0939 e. The monoisotopic (exact) mass is 509 g/mol. The maximum absolute atomic E-state index is 2.44. The Morgan fingerprint density at radius 3 is 1.58 bits per heavy atom. The minimum absolute atomic E-state index is 0.287. The molecule has 1 aliphatic rings. The molecule has 1 nitrogen and oxygen atoms in total. The number of thiophene rings is 2. The molecule has 0 aliphatic heterocycles. The van der Waals surface area contributed by atoms with Crippen molar-refractivity contribution in [2.24, 2.45) is 5.92 Å². The summed E-state index contributed by atoms with van der Waals surface area (Å²) in [5.41, 5.74) is 11.1. The van der Waals surface area contributed by atoms with Crippen LogP contribution in [0.1, 0.15) is 63.6 Å². The summed E-state index contributed by atoms with van der Waals surface area (Å²) in [7, 11) is 4.30. The van der Waals surface area contributed by atoms with Gasteiger partial charge >= 0.3 is 0 Å². The fourth-order valence-electron chi connectivity index (χ4n) is 5.61. The van der Waals surface area contributed by atoms with Gasteiger partial charge in [0, 0.05) is 45.8 Å². The van der Waals surface area contributed by atoms with Crippen molar-refractivity contribution in [2.75, 3.05) is 19.0 Å². The maximum Gasteiger partial charge on any atom is 0.0939 e. The molecule has 36 heavy (non-hydrogen) atoms. The molecule has 0 bridgehead atoms. The number of hydrogen-bond donors (Lipinski definition) is 0. The standard InChI is InChI=1S/C33H35NS2/c1-20(2)32-21(3)18-26(35-32)30-28(24-14-10-8-11-15-24)23(5)29(25-16-12-9-13-17-25)31(30)27-19-22(4)33(36-27)34(6)7/h8-20,23H,1-7H3. The number of hydrogen-bond acceptors (Lipinski definition) is 3. The molecule has 1 unspecified atom stereocenters. The lowest BCUT2D eigenvalue weighted by molar-refractivity contribution is 0.881. The van der Waals surface area contributed by atoms with Crippen molar-refractivity contribution in [3.8, 4) is 0 Å². The second-order valence-corrected chi connectivity index (χ2v) is 12.5. The van der Waals surface area contributed by atoms with Gasteiger partial charge in [-0.3, -0.25) is 0 Å². The predicted octanol–water partition coefficient (Wildman–Crippen LogP) is 9.79. The van der Waals surface area contributed by atoms with Gasteiger partial charge in [0.15, 0.2) is 0 Å². The van der Waals surface area contributed by atoms with E-state index in [9.17, 15) is 0 Å². The molecule has 0 saturated carbocycles. The summed E-state index contributed by atoms with van der Waals surface area (Å²) in [4.78, 5) is 6.49. The Balaban J connectivity index is 1.87. The topological polar surface area (TPSA) is 3.24 Å². The highest BCUT2D eigenvalue weighted by atomic mass is 32.1. The van der Waals surface area contributed by atoms with Crippen molar-refractivity contribution in [3.05, 3.63) is 110 Å². The highest BCUT2D eigenvalue weighted by Gasteiger charge is 2.36. The Morgan fingerprint density at radius 1 is 0.694 bits per heavy atom. The minimum Gasteiger partial charge on any atom is -0.369 e. The third-order valence-electron chi connectivity index (χ3n) is 7.10. The SMILES string of the molecule is Cc1cc(C2=C(c3ccccc3)C(C)C(c3ccccc3)=C2c2cc(C)c(N(C)C)s2)sc1C(C)C. The number of benzene rings is 2. The van der Waals surface area contributed by atoms with E-state index in [0.29, 0.717) is 5.92 Å². The lowest BCUT2D eigenvalue weighted by Crippen LogP contribution is -2.07. The number of allylic oxidation sites excluding steroid dienone is 4. The average Bonchev–Trinajstić information content (AvgIpc) is 3.52. The minimum atomic E-state index is 0.287. The number of anilines is 1. The van der Waals surface area contributed by atoms with Gasteiger partial charge in [0.05, 0.1) is 5.00 Å². The Kier molecular flexibility index (Phi) is 6.80. The lowest BCUT2D eigenvalue weighted by atomic mass is 9.88. The normalized spacial score (nSPS) is 15.9. The summed E-state index contributed by atoms with van der Waals surface area (Å²) in [6.07, 6.45) is 0. The van der Waals surface area contributed by atoms with Gasteiger partial charge in [-0.05, 0) is 65.3 Å². The van der Waals surface area contributed by atoms with Crippen LogP contribution in [0.3, 0.4) is 0 Å². The molecule has 0 spiro atoms. The van der Waals surface area contributed by atoms with Crippen LogP contribution in [0.2, 0.25) is 0 Å². The van der Waals surface area contributed by atoms with Crippen LogP contribution in [0, 0.1) is 19.8 Å². The van der Waals surface area contributed by atoms with E-state index in [1.807, 2.05) is 22.7 Å². The van der Waals surface area contributed by atoms with Gasteiger partial charge in [-0.2, -0.15) is 0 Å². The third-order valence-corrected chi connectivity index (χ3v) is 10.1. The van der Waals surface area contributed by atoms with E-state index in [0.717, 1.165) is 0 Å². The second-order valence-electron chi connectivity index (χ2n) is 10.3. The van der Waals surface area contributed by atoms with Gasteiger partial charge < -0.3 is 4.90 Å². The van der Waals surface area contributed by atoms with E-state index in [1.165, 1.54) is 64.2 Å². The molecule has 2 heterocycles. The van der Waals surface area contributed by atoms with Crippen molar-refractivity contribution in [3.63, 3.8) is 0 Å². The first-order valence-corrected chi connectivity index (χ1v) is 14.4. The van der Waals surface area contributed by atoms with Gasteiger partial charge in [0.2, 0.25) is 0 Å². The maximum atomic E-state index is 2.44. The van der Waals surface area contributed by atoms with Crippen LogP contribution in [0.25, 0.3) is 22.3 Å². The summed E-state index contributed by atoms with van der Waals surface area (Å²) < 4.78 is 0. The van der Waals surface area contributed by atoms with Crippen LogP contribution in [0.4, 0.5) is 5.00 Å². The molecule has 0 N–H and O–H groups in total. The zero-order valence-electron chi connectivity index (χ0n) is 22.3. The van der Waals surface area contributed by atoms with Crippen LogP contribution in [0.15, 0.2) is 72.8 Å². The number of nitrogens with zero attached hydrogens (tertiary/aromatic N) is 1. The first-order valence-electron chi connectivity index (χ1n) is 12.8. The van der Waals surface area contributed by atoms with E-state index in [-0.39, 0.29) is 5.92 Å². The highest BCUT2D eigenvalue weighted by Crippen LogP contribution is 2.57. The van der Waals surface area contributed by atoms with Gasteiger partial charge in [-0.1, -0.05) is 81.4 Å². The summed E-state index contributed by atoms with van der Waals surface area (Å²) >= 11 is 3.90. The molecule has 0 saturated heterocycles. The molecule has 184 valence electrons. The second kappa shape index (κ2) is 9.88. The van der Waals surface area contributed by atoms with Crippen LogP contribution < -0.4 is 4.90 Å². The van der Waals surface area contributed by atoms with Crippen LogP contribution in [-0.2, 0) is 0 Å². The van der Waals surface area contributed by atoms with Crippen LogP contribution in [-0.4, -0.2) is 14.1 Å². The Bertz CT molecular complexity index is 1330. The quantitative estimate of drug-likeness (QED) is 0.250. The Labute approximate surface area is 224 Å². The fourth-order valence-corrected chi connectivity index (χ4v) is 8.02. The van der Waals surface area contributed by atoms with Gasteiger partial charge in [0.1, 0.15) is 0 Å². The lowest BCUT2D eigenvalue weighted by Gasteiger charge is -2.16. The summed E-state index contributed by atoms with van der Waals surface area (Å²) in [5.74, 6) is 0.809. The first kappa shape index (κ1) is 24.8. The van der Waals surface area contributed by atoms with Crippen molar-refractivity contribution in [1.82, 2.24) is 0 Å². The Hall–Kier alpha value is -2.88. The van der Waals surface area contributed by atoms with Gasteiger partial charge in [-0.25, -0.2) is 0 Å². The Morgan fingerprint density at radius 2 is 1.17 bits per heavy atom. The molecular weight excluding hydrogens is 475 g/mol. The number of aryl methyl sites for hydroxylation is 2. The highest BCUT2D eigenvalue weighted by molar-refractivity contribution is 7.18. The number of rotatable bonds is 6. The molecule has 0 fully saturated rings. The molecule has 5 rings (SSSR count). The zero-order chi connectivity index (χ0) is 25.6. The molecule has 0 amide bonds. The van der Waals surface area contributed by atoms with Crippen molar-refractivity contribution in [1.29, 1.82) is 0 Å². The van der Waals surface area contributed by atoms with Crippen molar-refractivity contribution in [2.45, 2.75) is 40.5 Å². The van der Waals surface area contributed by atoms with E-state index in [1.54, 1.807) is 0 Å². The molecule has 2 aromatic heterocycles. The summed E-state index contributed by atoms with van der Waals surface area (Å²) in [6, 6.07) is 26.9. The third kappa shape index (κ3) is 4.29. The molecule has 2 aromatic carbocycles. The van der Waals surface area contributed by atoms with E-state index in [2.05, 4.69) is 126 Å². The van der Waals surface area contributed by atoms with E-state index >= 15 is 0 Å².